The maximum absolute atomic E-state index is 4.45. The quantitative estimate of drug-likeness (QED) is 0.687. The molecule has 0 aliphatic carbocycles. The molecule has 0 aliphatic rings. The van der Waals surface area contributed by atoms with Crippen LogP contribution in [0.4, 0.5) is 0 Å². The molecule has 2 N–H and O–H groups in total. The zero-order valence-electron chi connectivity index (χ0n) is 11.8. The van der Waals surface area contributed by atoms with E-state index in [1.54, 1.807) is 11.3 Å². The zero-order valence-corrected chi connectivity index (χ0v) is 12.7. The Balaban J connectivity index is 1.55. The molecule has 0 aliphatic heterocycles. The summed E-state index contributed by atoms with van der Waals surface area (Å²) in [5.74, 6) is 0. The lowest BCUT2D eigenvalue weighted by Crippen LogP contribution is -2.17. The molecule has 3 rings (SSSR count). The van der Waals surface area contributed by atoms with E-state index in [-0.39, 0.29) is 0 Å². The van der Waals surface area contributed by atoms with Crippen molar-refractivity contribution in [2.75, 3.05) is 6.54 Å². The number of rotatable bonds is 6. The number of hydrogen-bond donors (Lipinski definition) is 2. The van der Waals surface area contributed by atoms with E-state index in [0.717, 1.165) is 40.6 Å². The highest BCUT2D eigenvalue weighted by Crippen LogP contribution is 2.18. The van der Waals surface area contributed by atoms with Gasteiger partial charge >= 0.3 is 0 Å². The van der Waals surface area contributed by atoms with Gasteiger partial charge in [-0.05, 0) is 6.92 Å². The van der Waals surface area contributed by atoms with Crippen molar-refractivity contribution in [3.8, 4) is 11.3 Å². The van der Waals surface area contributed by atoms with Crippen molar-refractivity contribution >= 4 is 11.3 Å². The van der Waals surface area contributed by atoms with Gasteiger partial charge < -0.3 is 5.32 Å². The predicted molar refractivity (Wildman–Crippen MR) is 84.1 cm³/mol. The fourth-order valence-electron chi connectivity index (χ4n) is 2.15. The van der Waals surface area contributed by atoms with Gasteiger partial charge in [-0.15, -0.1) is 11.3 Å². The minimum atomic E-state index is 0.698. The van der Waals surface area contributed by atoms with Crippen molar-refractivity contribution in [3.05, 3.63) is 52.1 Å². The van der Waals surface area contributed by atoms with Gasteiger partial charge in [0.1, 0.15) is 11.4 Å². The lowest BCUT2D eigenvalue weighted by molar-refractivity contribution is 0.668. The summed E-state index contributed by atoms with van der Waals surface area (Å²) in [6.07, 6.45) is 0.933. The summed E-state index contributed by atoms with van der Waals surface area (Å²) in [6, 6.07) is 10.1. The minimum absolute atomic E-state index is 0.698. The van der Waals surface area contributed by atoms with Crippen molar-refractivity contribution in [1.82, 2.24) is 25.7 Å². The Hall–Kier alpha value is -2.05. The van der Waals surface area contributed by atoms with Crippen LogP contribution in [0.3, 0.4) is 0 Å². The molecule has 0 amide bonds. The van der Waals surface area contributed by atoms with Crippen LogP contribution >= 0.6 is 11.3 Å². The molecule has 1 aromatic carbocycles. The Morgan fingerprint density at radius 3 is 2.81 bits per heavy atom. The molecule has 3 aromatic rings. The van der Waals surface area contributed by atoms with Crippen molar-refractivity contribution in [2.24, 2.45) is 0 Å². The molecular weight excluding hydrogens is 282 g/mol. The molecule has 2 heterocycles. The van der Waals surface area contributed by atoms with Crippen LogP contribution in [-0.2, 0) is 13.0 Å². The average molecular weight is 299 g/mol. The van der Waals surface area contributed by atoms with Crippen LogP contribution < -0.4 is 5.32 Å². The molecule has 5 nitrogen and oxygen atoms in total. The van der Waals surface area contributed by atoms with Crippen molar-refractivity contribution in [1.29, 1.82) is 0 Å². The summed E-state index contributed by atoms with van der Waals surface area (Å²) in [6.45, 7) is 3.61. The number of nitrogens with one attached hydrogen (secondary N) is 2. The van der Waals surface area contributed by atoms with Crippen molar-refractivity contribution < 1.29 is 0 Å². The largest absolute Gasteiger partial charge is 0.311 e. The third-order valence-corrected chi connectivity index (χ3v) is 4.01. The first kappa shape index (κ1) is 13.9. The van der Waals surface area contributed by atoms with Crippen molar-refractivity contribution in [3.63, 3.8) is 0 Å². The number of nitrogens with zero attached hydrogens (tertiary/aromatic N) is 3. The normalized spacial score (nSPS) is 10.9. The number of hydrogen-bond acceptors (Lipinski definition) is 5. The SMILES string of the molecule is Cc1nc(CCNCc2n[nH]nc2-c2ccccc2)cs1. The summed E-state index contributed by atoms with van der Waals surface area (Å²) in [7, 11) is 0. The molecule has 6 heteroatoms. The van der Waals surface area contributed by atoms with Crippen LogP contribution in [-0.4, -0.2) is 26.9 Å². The molecule has 0 radical (unpaired) electrons. The van der Waals surface area contributed by atoms with Crippen LogP contribution in [0.5, 0.6) is 0 Å². The van der Waals surface area contributed by atoms with E-state index in [0.29, 0.717) is 6.54 Å². The van der Waals surface area contributed by atoms with Crippen molar-refractivity contribution in [2.45, 2.75) is 19.9 Å². The second kappa shape index (κ2) is 6.60. The summed E-state index contributed by atoms with van der Waals surface area (Å²) < 4.78 is 0. The molecule has 0 unspecified atom stereocenters. The van der Waals surface area contributed by atoms with E-state index in [1.807, 2.05) is 37.3 Å². The summed E-state index contributed by atoms with van der Waals surface area (Å²) in [5.41, 5.74) is 4.08. The second-order valence-corrected chi connectivity index (χ2v) is 5.83. The second-order valence-electron chi connectivity index (χ2n) is 4.77. The van der Waals surface area contributed by atoms with E-state index < -0.39 is 0 Å². The maximum atomic E-state index is 4.45. The van der Waals surface area contributed by atoms with E-state index in [2.05, 4.69) is 31.1 Å². The van der Waals surface area contributed by atoms with E-state index in [9.17, 15) is 0 Å². The molecule has 0 atom stereocenters. The Morgan fingerprint density at radius 1 is 1.19 bits per heavy atom. The first-order valence-corrected chi connectivity index (χ1v) is 7.77. The van der Waals surface area contributed by atoms with E-state index in [1.165, 1.54) is 0 Å². The Labute approximate surface area is 127 Å². The lowest BCUT2D eigenvalue weighted by atomic mass is 10.1. The molecular formula is C15H17N5S. The smallest absolute Gasteiger partial charge is 0.117 e. The molecule has 2 aromatic heterocycles. The molecule has 0 saturated heterocycles. The van der Waals surface area contributed by atoms with Gasteiger partial charge in [0.2, 0.25) is 0 Å². The van der Waals surface area contributed by atoms with Gasteiger partial charge in [0.25, 0.3) is 0 Å². The van der Waals surface area contributed by atoms with Gasteiger partial charge in [-0.3, -0.25) is 0 Å². The van der Waals surface area contributed by atoms with E-state index in [4.69, 9.17) is 0 Å². The van der Waals surface area contributed by atoms with Crippen LogP contribution in [0.1, 0.15) is 16.4 Å². The van der Waals surface area contributed by atoms with Gasteiger partial charge in [0.05, 0.1) is 10.7 Å². The average Bonchev–Trinajstić information content (AvgIpc) is 3.13. The monoisotopic (exact) mass is 299 g/mol. The zero-order chi connectivity index (χ0) is 14.5. The van der Waals surface area contributed by atoms with Crippen LogP contribution in [0, 0.1) is 6.92 Å². The van der Waals surface area contributed by atoms with Gasteiger partial charge in [-0.25, -0.2) is 4.98 Å². The fraction of sp³-hybridized carbons (Fsp3) is 0.267. The summed E-state index contributed by atoms with van der Waals surface area (Å²) in [5, 5.41) is 17.8. The van der Waals surface area contributed by atoms with Gasteiger partial charge in [-0.2, -0.15) is 15.4 Å². The topological polar surface area (TPSA) is 66.5 Å². The summed E-state index contributed by atoms with van der Waals surface area (Å²) >= 11 is 1.69. The first-order chi connectivity index (χ1) is 10.3. The standard InChI is InChI=1S/C15H17N5S/c1-11-17-13(10-21-11)7-8-16-9-14-15(19-20-18-14)12-5-3-2-4-6-12/h2-6,10,16H,7-9H2,1H3,(H,18,19,20). The fourth-order valence-corrected chi connectivity index (χ4v) is 2.80. The molecule has 21 heavy (non-hydrogen) atoms. The molecule has 0 fully saturated rings. The number of thiazole rings is 1. The highest BCUT2D eigenvalue weighted by Gasteiger charge is 2.09. The van der Waals surface area contributed by atoms with Crippen LogP contribution in [0.25, 0.3) is 11.3 Å². The number of aryl methyl sites for hydroxylation is 1. The Morgan fingerprint density at radius 2 is 2.05 bits per heavy atom. The van der Waals surface area contributed by atoms with Crippen LogP contribution in [0.15, 0.2) is 35.7 Å². The number of benzene rings is 1. The predicted octanol–water partition coefficient (Wildman–Crippen LogP) is 2.57. The molecule has 0 spiro atoms. The number of aromatic nitrogens is 4. The van der Waals surface area contributed by atoms with Crippen LogP contribution in [0.2, 0.25) is 0 Å². The Bertz CT molecular complexity index is 689. The minimum Gasteiger partial charge on any atom is -0.311 e. The highest BCUT2D eigenvalue weighted by atomic mass is 32.1. The first-order valence-electron chi connectivity index (χ1n) is 6.90. The molecule has 108 valence electrons. The molecule has 0 bridgehead atoms. The number of aromatic amines is 1. The summed E-state index contributed by atoms with van der Waals surface area (Å²) in [4.78, 5) is 4.45. The Kier molecular flexibility index (Phi) is 4.37. The lowest BCUT2D eigenvalue weighted by Gasteiger charge is -2.03. The third kappa shape index (κ3) is 3.53. The van der Waals surface area contributed by atoms with Gasteiger partial charge in [0.15, 0.2) is 0 Å². The van der Waals surface area contributed by atoms with E-state index >= 15 is 0 Å². The highest BCUT2D eigenvalue weighted by molar-refractivity contribution is 7.09. The third-order valence-electron chi connectivity index (χ3n) is 3.18. The maximum Gasteiger partial charge on any atom is 0.117 e. The van der Waals surface area contributed by atoms with Gasteiger partial charge in [-0.1, -0.05) is 30.3 Å². The number of H-pyrrole nitrogens is 1. The van der Waals surface area contributed by atoms with Gasteiger partial charge in [0, 0.05) is 30.5 Å². The molecule has 0 saturated carbocycles.